The Hall–Kier alpha value is -2.14. The molecule has 1 spiro atoms. The number of aromatic nitrogens is 1. The summed E-state index contributed by atoms with van der Waals surface area (Å²) < 4.78 is 5.79. The summed E-state index contributed by atoms with van der Waals surface area (Å²) in [5, 5.41) is 1.24. The van der Waals surface area contributed by atoms with Crippen LogP contribution >= 0.6 is 0 Å². The highest BCUT2D eigenvalue weighted by Crippen LogP contribution is 2.42. The minimum Gasteiger partial charge on any atom is -0.376 e. The van der Waals surface area contributed by atoms with Crippen molar-refractivity contribution >= 4 is 22.5 Å². The molecule has 0 radical (unpaired) electrons. The van der Waals surface area contributed by atoms with Crippen LogP contribution < -0.4 is 4.90 Å². The zero-order chi connectivity index (χ0) is 19.0. The van der Waals surface area contributed by atoms with Gasteiger partial charge in [-0.2, -0.15) is 0 Å². The molecule has 5 heteroatoms. The lowest BCUT2D eigenvalue weighted by molar-refractivity contribution is -0.140. The molecule has 0 saturated carbocycles. The number of hydrogen-bond donors (Lipinski definition) is 0. The molecule has 0 aliphatic carbocycles. The van der Waals surface area contributed by atoms with Crippen molar-refractivity contribution in [2.24, 2.45) is 5.41 Å². The number of carbonyl (C=O) groups is 1. The number of nitrogens with zero attached hydrogens (tertiary/aromatic N) is 3. The van der Waals surface area contributed by atoms with E-state index < -0.39 is 0 Å². The van der Waals surface area contributed by atoms with E-state index in [4.69, 9.17) is 4.74 Å². The lowest BCUT2D eigenvalue weighted by Gasteiger charge is -2.48. The van der Waals surface area contributed by atoms with E-state index in [1.54, 1.807) is 0 Å². The van der Waals surface area contributed by atoms with E-state index >= 15 is 0 Å². The van der Waals surface area contributed by atoms with E-state index in [0.29, 0.717) is 12.3 Å². The first-order chi connectivity index (χ1) is 13.7. The Bertz CT molecular complexity index is 849. The van der Waals surface area contributed by atoms with Crippen LogP contribution in [0.3, 0.4) is 0 Å². The molecule has 0 N–H and O–H groups in total. The van der Waals surface area contributed by atoms with Crippen LogP contribution in [0.15, 0.2) is 36.5 Å². The van der Waals surface area contributed by atoms with E-state index in [1.807, 2.05) is 12.3 Å². The number of hydrogen-bond acceptors (Lipinski definition) is 4. The van der Waals surface area contributed by atoms with E-state index in [1.165, 1.54) is 11.1 Å². The van der Waals surface area contributed by atoms with Crippen LogP contribution in [0.5, 0.6) is 0 Å². The summed E-state index contributed by atoms with van der Waals surface area (Å²) in [4.78, 5) is 21.6. The minimum atomic E-state index is 0.252. The first kappa shape index (κ1) is 17.9. The van der Waals surface area contributed by atoms with Gasteiger partial charge in [0.15, 0.2) is 0 Å². The van der Waals surface area contributed by atoms with Gasteiger partial charge in [-0.15, -0.1) is 0 Å². The van der Waals surface area contributed by atoms with E-state index in [-0.39, 0.29) is 11.5 Å². The number of benzene rings is 1. The summed E-state index contributed by atoms with van der Waals surface area (Å²) >= 11 is 0. The molecule has 0 unspecified atom stereocenters. The predicted molar refractivity (Wildman–Crippen MR) is 110 cm³/mol. The SMILES string of the molecule is O=C1CCC2(CCN(c3ccnc4ccccc34)CC2)CN1C[C@H]1CCCO1. The smallest absolute Gasteiger partial charge is 0.222 e. The number of likely N-dealkylation sites (tertiary alicyclic amines) is 1. The van der Waals surface area contributed by atoms with Crippen molar-refractivity contribution in [2.45, 2.75) is 44.6 Å². The molecule has 148 valence electrons. The van der Waals surface area contributed by atoms with Crippen LogP contribution in [-0.4, -0.2) is 54.7 Å². The Morgan fingerprint density at radius 1 is 1.14 bits per heavy atom. The van der Waals surface area contributed by atoms with Gasteiger partial charge in [0, 0.05) is 56.5 Å². The standard InChI is InChI=1S/C23H29N3O2/c27-22-7-9-23(17-26(22)16-18-4-3-15-28-18)10-13-25(14-11-23)21-8-12-24-20-6-2-1-5-19(20)21/h1-2,5-6,8,12,18H,3-4,7,9-11,13-17H2/t18-/m1/s1. The summed E-state index contributed by atoms with van der Waals surface area (Å²) in [7, 11) is 0. The fraction of sp³-hybridized carbons (Fsp3) is 0.565. The van der Waals surface area contributed by atoms with Crippen LogP contribution in [-0.2, 0) is 9.53 Å². The van der Waals surface area contributed by atoms with Gasteiger partial charge in [-0.3, -0.25) is 9.78 Å². The number of fused-ring (bicyclic) bond motifs is 1. The Balaban J connectivity index is 1.28. The van der Waals surface area contributed by atoms with Crippen LogP contribution in [0, 0.1) is 5.41 Å². The Labute approximate surface area is 166 Å². The van der Waals surface area contributed by atoms with Crippen molar-refractivity contribution in [3.63, 3.8) is 0 Å². The van der Waals surface area contributed by atoms with Crippen LogP contribution in [0.25, 0.3) is 10.9 Å². The number of amides is 1. The second-order valence-electron chi connectivity index (χ2n) is 8.74. The molecule has 1 atom stereocenters. The number of anilines is 1. The molecular formula is C23H29N3O2. The van der Waals surface area contributed by atoms with Gasteiger partial charge in [0.05, 0.1) is 11.6 Å². The largest absolute Gasteiger partial charge is 0.376 e. The van der Waals surface area contributed by atoms with Crippen molar-refractivity contribution in [3.8, 4) is 0 Å². The minimum absolute atomic E-state index is 0.252. The molecule has 28 heavy (non-hydrogen) atoms. The number of ether oxygens (including phenoxy) is 1. The number of para-hydroxylation sites is 1. The van der Waals surface area contributed by atoms with Gasteiger partial charge in [0.25, 0.3) is 0 Å². The van der Waals surface area contributed by atoms with Gasteiger partial charge in [0.1, 0.15) is 0 Å². The van der Waals surface area contributed by atoms with Gasteiger partial charge in [0.2, 0.25) is 5.91 Å². The lowest BCUT2D eigenvalue weighted by atomic mass is 9.72. The highest BCUT2D eigenvalue weighted by atomic mass is 16.5. The third-order valence-corrected chi connectivity index (χ3v) is 6.99. The predicted octanol–water partition coefficient (Wildman–Crippen LogP) is 3.62. The quantitative estimate of drug-likeness (QED) is 0.817. The molecule has 5 rings (SSSR count). The van der Waals surface area contributed by atoms with Gasteiger partial charge in [-0.05, 0) is 49.7 Å². The summed E-state index contributed by atoms with van der Waals surface area (Å²) in [6.45, 7) is 4.66. The van der Waals surface area contributed by atoms with Crippen LogP contribution in [0.1, 0.15) is 38.5 Å². The molecule has 3 saturated heterocycles. The zero-order valence-corrected chi connectivity index (χ0v) is 16.5. The molecule has 1 aromatic heterocycles. The topological polar surface area (TPSA) is 45.7 Å². The average Bonchev–Trinajstić information content (AvgIpc) is 3.24. The summed E-state index contributed by atoms with van der Waals surface area (Å²) in [5.41, 5.74) is 2.64. The van der Waals surface area contributed by atoms with Gasteiger partial charge < -0.3 is 14.5 Å². The molecule has 0 bridgehead atoms. The monoisotopic (exact) mass is 379 g/mol. The third-order valence-electron chi connectivity index (χ3n) is 6.99. The van der Waals surface area contributed by atoms with Crippen molar-refractivity contribution in [3.05, 3.63) is 36.5 Å². The molecule has 3 aliphatic rings. The van der Waals surface area contributed by atoms with Crippen molar-refractivity contribution in [1.82, 2.24) is 9.88 Å². The van der Waals surface area contributed by atoms with Crippen LogP contribution in [0.2, 0.25) is 0 Å². The highest BCUT2D eigenvalue weighted by molar-refractivity contribution is 5.91. The molecule has 3 fully saturated rings. The number of carbonyl (C=O) groups excluding carboxylic acids is 1. The molecule has 2 aromatic rings. The molecule has 5 nitrogen and oxygen atoms in total. The number of rotatable bonds is 3. The molecule has 1 aromatic carbocycles. The molecule has 3 aliphatic heterocycles. The van der Waals surface area contributed by atoms with E-state index in [9.17, 15) is 4.79 Å². The fourth-order valence-electron chi connectivity index (χ4n) is 5.29. The lowest BCUT2D eigenvalue weighted by Crippen LogP contribution is -2.53. The summed E-state index contributed by atoms with van der Waals surface area (Å²) in [5.74, 6) is 0.323. The second kappa shape index (κ2) is 7.36. The Morgan fingerprint density at radius 2 is 2.00 bits per heavy atom. The maximum atomic E-state index is 12.5. The average molecular weight is 380 g/mol. The second-order valence-corrected chi connectivity index (χ2v) is 8.74. The van der Waals surface area contributed by atoms with Gasteiger partial charge in [-0.25, -0.2) is 0 Å². The summed E-state index contributed by atoms with van der Waals surface area (Å²) in [6.07, 6.45) is 8.45. The van der Waals surface area contributed by atoms with Gasteiger partial charge >= 0.3 is 0 Å². The maximum Gasteiger partial charge on any atom is 0.222 e. The normalized spacial score (nSPS) is 25.0. The maximum absolute atomic E-state index is 12.5. The number of pyridine rings is 1. The number of piperidine rings is 2. The summed E-state index contributed by atoms with van der Waals surface area (Å²) in [6, 6.07) is 10.5. The third kappa shape index (κ3) is 3.37. The Kier molecular flexibility index (Phi) is 4.71. The van der Waals surface area contributed by atoms with E-state index in [0.717, 1.165) is 70.4 Å². The highest BCUT2D eigenvalue weighted by Gasteiger charge is 2.41. The van der Waals surface area contributed by atoms with E-state index in [2.05, 4.69) is 39.0 Å². The first-order valence-electron chi connectivity index (χ1n) is 10.7. The van der Waals surface area contributed by atoms with Crippen molar-refractivity contribution < 1.29 is 9.53 Å². The molecule has 4 heterocycles. The van der Waals surface area contributed by atoms with Crippen LogP contribution in [0.4, 0.5) is 5.69 Å². The molecule has 1 amide bonds. The zero-order valence-electron chi connectivity index (χ0n) is 16.5. The molecular weight excluding hydrogens is 350 g/mol. The van der Waals surface area contributed by atoms with Gasteiger partial charge in [-0.1, -0.05) is 18.2 Å². The van der Waals surface area contributed by atoms with Crippen molar-refractivity contribution in [2.75, 3.05) is 37.7 Å². The Morgan fingerprint density at radius 3 is 2.82 bits per heavy atom. The fourth-order valence-corrected chi connectivity index (χ4v) is 5.29. The van der Waals surface area contributed by atoms with Crippen molar-refractivity contribution in [1.29, 1.82) is 0 Å². The first-order valence-corrected chi connectivity index (χ1v) is 10.7.